The number of hydrogen-bond donors (Lipinski definition) is 0. The number of nitriles is 2. The normalized spacial score (nSPS) is 3.08. The Labute approximate surface area is 106 Å². The first-order chi connectivity index (χ1) is 3.83. The number of nitrogens with zero attached hydrogens (tertiary/aromatic N) is 2. The van der Waals surface area contributed by atoms with E-state index in [4.69, 9.17) is 10.5 Å². The molecule has 0 spiro atoms. The van der Waals surface area contributed by atoms with E-state index in [0.29, 0.717) is 12.8 Å². The van der Waals surface area contributed by atoms with Crippen LogP contribution in [0.25, 0.3) is 0 Å². The average molecular weight is 309 g/mol. The average Bonchev–Trinajstić information content (AvgIpc) is 1.88. The second-order valence-corrected chi connectivity index (χ2v) is 1.02. The van der Waals surface area contributed by atoms with E-state index in [0.717, 1.165) is 0 Å². The van der Waals surface area contributed by atoms with Crippen LogP contribution in [0.2, 0.25) is 0 Å². The van der Waals surface area contributed by atoms with Crippen LogP contribution in [0.4, 0.5) is 0 Å². The zero-order valence-electron chi connectivity index (χ0n) is 7.29. The van der Waals surface area contributed by atoms with Crippen molar-refractivity contribution in [2.75, 3.05) is 0 Å². The van der Waals surface area contributed by atoms with Crippen molar-refractivity contribution in [1.29, 1.82) is 10.5 Å². The van der Waals surface area contributed by atoms with Gasteiger partial charge in [-0.3, -0.25) is 0 Å². The van der Waals surface area contributed by atoms with Gasteiger partial charge in [-0.25, -0.2) is 0 Å². The maximum atomic E-state index is 7.62. The van der Waals surface area contributed by atoms with E-state index in [2.05, 4.69) is 0 Å². The first kappa shape index (κ1) is 51.2. The number of halogens is 2. The molecule has 0 fully saturated rings. The van der Waals surface area contributed by atoms with Crippen LogP contribution in [-0.2, 0) is 32.0 Å². The third-order valence-electron chi connectivity index (χ3n) is 0.316. The van der Waals surface area contributed by atoms with Crippen molar-refractivity contribution in [3.63, 3.8) is 0 Å². The van der Waals surface area contributed by atoms with Crippen LogP contribution in [0.15, 0.2) is 0 Å². The predicted molar refractivity (Wildman–Crippen MR) is 33.2 cm³/mol. The molecule has 0 unspecified atom stereocenters. The number of hydrogen-bond acceptors (Lipinski definition) is 2. The molecule has 0 aliphatic rings. The summed E-state index contributed by atoms with van der Waals surface area (Å²) in [7, 11) is 0. The summed E-state index contributed by atoms with van der Waals surface area (Å²) in [6, 6.07) is 3.86. The molecule has 0 aromatic heterocycles. The molecule has 13 heavy (non-hydrogen) atoms. The van der Waals surface area contributed by atoms with Gasteiger partial charge in [0.1, 0.15) is 0 Å². The fraction of sp³-hybridized carbons (Fsp3) is 0.667. The molecule has 0 saturated carbocycles. The van der Waals surface area contributed by atoms with Gasteiger partial charge in [0.2, 0.25) is 0 Å². The molecule has 0 saturated heterocycles. The monoisotopic (exact) mass is 310 g/mol. The summed E-state index contributed by atoms with van der Waals surface area (Å²) in [6.45, 7) is 3.64. The van der Waals surface area contributed by atoms with Gasteiger partial charge in [0.25, 0.3) is 0 Å². The zero-order valence-corrected chi connectivity index (χ0v) is 10.8. The van der Waals surface area contributed by atoms with E-state index < -0.39 is 0 Å². The molecule has 0 aliphatic carbocycles. The van der Waals surface area contributed by atoms with E-state index in [1.807, 2.05) is 26.0 Å². The van der Waals surface area contributed by atoms with Gasteiger partial charge in [-0.15, -0.1) is 0 Å². The Balaban J connectivity index is -0.00000000800. The molecule has 7 heteroatoms. The molecule has 0 radical (unpaired) electrons. The van der Waals surface area contributed by atoms with Crippen LogP contribution in [-0.4, -0.2) is 0 Å². The standard InChI is InChI=1S/2C3H5N.2ClH.Mo.2O/c2*1-2-3-4;;;;;/h2*2H2,1H3;2*1H;;;/q;;;;;2*-2/p-2. The van der Waals surface area contributed by atoms with Crippen LogP contribution in [0.3, 0.4) is 0 Å². The minimum Gasteiger partial charge on any atom is -2.00 e. The Hall–Kier alpha value is 0.168. The molecule has 0 aliphatic heterocycles. The second-order valence-electron chi connectivity index (χ2n) is 1.02. The Bertz CT molecular complexity index is 100. The Morgan fingerprint density at radius 1 is 0.846 bits per heavy atom. The van der Waals surface area contributed by atoms with Crippen molar-refractivity contribution < 1.29 is 56.8 Å². The molecule has 0 rings (SSSR count). The first-order valence-electron chi connectivity index (χ1n) is 2.57. The van der Waals surface area contributed by atoms with Crippen LogP contribution in [0, 0.1) is 22.7 Å². The molecule has 0 aromatic rings. The van der Waals surface area contributed by atoms with Crippen LogP contribution in [0.5, 0.6) is 0 Å². The summed E-state index contributed by atoms with van der Waals surface area (Å²) < 4.78 is 0. The van der Waals surface area contributed by atoms with Crippen molar-refractivity contribution in [3.8, 4) is 12.1 Å². The van der Waals surface area contributed by atoms with E-state index in [9.17, 15) is 0 Å². The van der Waals surface area contributed by atoms with Crippen molar-refractivity contribution >= 4 is 0 Å². The molecular formula is C6H10Cl2MoN2O2-6. The smallest absolute Gasteiger partial charge is 0.0618 e. The van der Waals surface area contributed by atoms with Crippen LogP contribution < -0.4 is 24.8 Å². The van der Waals surface area contributed by atoms with Gasteiger partial charge in [-0.2, -0.15) is 10.5 Å². The Morgan fingerprint density at radius 3 is 0.923 bits per heavy atom. The maximum Gasteiger partial charge on any atom is 0.0618 e. The summed E-state index contributed by atoms with van der Waals surface area (Å²) in [5.74, 6) is 0. The molecule has 82 valence electrons. The third kappa shape index (κ3) is 268. The predicted octanol–water partition coefficient (Wildman–Crippen LogP) is -4.39. The molecule has 0 amide bonds. The molecule has 0 heterocycles. The maximum absolute atomic E-state index is 7.62. The van der Waals surface area contributed by atoms with Crippen molar-refractivity contribution in [1.82, 2.24) is 0 Å². The van der Waals surface area contributed by atoms with E-state index in [-0.39, 0.29) is 56.8 Å². The van der Waals surface area contributed by atoms with E-state index >= 15 is 0 Å². The topological polar surface area (TPSA) is 105 Å². The quantitative estimate of drug-likeness (QED) is 0.422. The fourth-order valence-corrected chi connectivity index (χ4v) is 0. The summed E-state index contributed by atoms with van der Waals surface area (Å²) >= 11 is 0. The van der Waals surface area contributed by atoms with Gasteiger partial charge in [0, 0.05) is 33.9 Å². The summed E-state index contributed by atoms with van der Waals surface area (Å²) in [4.78, 5) is 0. The van der Waals surface area contributed by atoms with Crippen molar-refractivity contribution in [2.24, 2.45) is 0 Å². The minimum atomic E-state index is 0. The van der Waals surface area contributed by atoms with Crippen molar-refractivity contribution in [2.45, 2.75) is 26.7 Å². The number of rotatable bonds is 0. The van der Waals surface area contributed by atoms with Gasteiger partial charge in [0.05, 0.1) is 12.1 Å². The summed E-state index contributed by atoms with van der Waals surface area (Å²) in [5.41, 5.74) is 0. The molecule has 0 bridgehead atoms. The van der Waals surface area contributed by atoms with Crippen LogP contribution >= 0.6 is 0 Å². The fourth-order valence-electron chi connectivity index (χ4n) is 0. The Morgan fingerprint density at radius 2 is 0.923 bits per heavy atom. The third-order valence-corrected chi connectivity index (χ3v) is 0.316. The summed E-state index contributed by atoms with van der Waals surface area (Å²) in [6.07, 6.45) is 1.25. The summed E-state index contributed by atoms with van der Waals surface area (Å²) in [5, 5.41) is 15.2. The zero-order chi connectivity index (χ0) is 6.83. The van der Waals surface area contributed by atoms with Gasteiger partial charge in [0.15, 0.2) is 0 Å². The Kier molecular flexibility index (Phi) is 344. The second kappa shape index (κ2) is 87.4. The van der Waals surface area contributed by atoms with Gasteiger partial charge >= 0.3 is 0 Å². The van der Waals surface area contributed by atoms with Gasteiger partial charge in [-0.05, 0) is 0 Å². The molecule has 0 aromatic carbocycles. The van der Waals surface area contributed by atoms with Crippen LogP contribution in [0.1, 0.15) is 26.7 Å². The van der Waals surface area contributed by atoms with E-state index in [1.165, 1.54) is 0 Å². The van der Waals surface area contributed by atoms with E-state index in [1.54, 1.807) is 0 Å². The largest absolute Gasteiger partial charge is 2.00 e. The SMILES string of the molecule is CCC#N.CCC#N.[Cl-].[Cl-].[Mo].[O-2].[O-2]. The molecule has 0 atom stereocenters. The van der Waals surface area contributed by atoms with Gasteiger partial charge in [-0.1, -0.05) is 13.8 Å². The minimum absolute atomic E-state index is 0. The molecule has 0 N–H and O–H groups in total. The first-order valence-corrected chi connectivity index (χ1v) is 2.57. The molecular weight excluding hydrogens is 299 g/mol. The van der Waals surface area contributed by atoms with Crippen molar-refractivity contribution in [3.05, 3.63) is 0 Å². The van der Waals surface area contributed by atoms with Gasteiger partial charge < -0.3 is 35.8 Å². The molecule has 4 nitrogen and oxygen atoms in total.